The van der Waals surface area contributed by atoms with Crippen molar-refractivity contribution in [2.45, 2.75) is 26.4 Å². The number of carbonyl (C=O) groups excluding carboxylic acids is 1. The highest BCUT2D eigenvalue weighted by atomic mass is 19.1. The molecule has 3 heteroatoms. The number of carbonyl (C=O) groups is 1. The molecule has 0 radical (unpaired) electrons. The molecule has 0 saturated carbocycles. The summed E-state index contributed by atoms with van der Waals surface area (Å²) in [6.07, 6.45) is 1.60. The maximum Gasteiger partial charge on any atom is 0.338 e. The summed E-state index contributed by atoms with van der Waals surface area (Å²) in [6.45, 7) is 9.12. The summed E-state index contributed by atoms with van der Waals surface area (Å²) in [6, 6.07) is 11.6. The van der Waals surface area contributed by atoms with Gasteiger partial charge >= 0.3 is 5.97 Å². The standard InChI is InChI=1S/C19H19FO2/c1-5-13-10-16(12-17(20)11-13)14-6-8-15(9-7-14)18(21)22-19(2,3)4/h5-12H,1H2,2-4H3. The Morgan fingerprint density at radius 2 is 1.73 bits per heavy atom. The van der Waals surface area contributed by atoms with Gasteiger partial charge in [-0.25, -0.2) is 9.18 Å². The van der Waals surface area contributed by atoms with Crippen LogP contribution in [0.2, 0.25) is 0 Å². The Labute approximate surface area is 130 Å². The molecule has 22 heavy (non-hydrogen) atoms. The molecule has 2 aromatic carbocycles. The van der Waals surface area contributed by atoms with E-state index < -0.39 is 5.60 Å². The highest BCUT2D eigenvalue weighted by molar-refractivity contribution is 5.90. The Morgan fingerprint density at radius 3 is 2.27 bits per heavy atom. The molecule has 0 unspecified atom stereocenters. The van der Waals surface area contributed by atoms with Gasteiger partial charge in [0.05, 0.1) is 5.56 Å². The normalized spacial score (nSPS) is 11.1. The summed E-state index contributed by atoms with van der Waals surface area (Å²) in [7, 11) is 0. The molecule has 0 aliphatic carbocycles. The fraction of sp³-hybridized carbons (Fsp3) is 0.211. The predicted octanol–water partition coefficient (Wildman–Crippen LogP) is 5.09. The Bertz CT molecular complexity index is 694. The van der Waals surface area contributed by atoms with Crippen molar-refractivity contribution in [3.05, 3.63) is 66.0 Å². The van der Waals surface area contributed by atoms with E-state index in [1.165, 1.54) is 12.1 Å². The smallest absolute Gasteiger partial charge is 0.338 e. The third kappa shape index (κ3) is 4.04. The highest BCUT2D eigenvalue weighted by Crippen LogP contribution is 2.23. The number of ether oxygens (including phenoxy) is 1. The van der Waals surface area contributed by atoms with E-state index in [1.54, 1.807) is 30.3 Å². The molecule has 0 heterocycles. The predicted molar refractivity (Wildman–Crippen MR) is 87.1 cm³/mol. The van der Waals surface area contributed by atoms with Gasteiger partial charge in [-0.2, -0.15) is 0 Å². The van der Waals surface area contributed by atoms with E-state index in [2.05, 4.69) is 6.58 Å². The van der Waals surface area contributed by atoms with Crippen molar-refractivity contribution in [1.29, 1.82) is 0 Å². The molecule has 0 aromatic heterocycles. The average Bonchev–Trinajstić information content (AvgIpc) is 2.45. The van der Waals surface area contributed by atoms with Crippen molar-refractivity contribution >= 4 is 12.0 Å². The lowest BCUT2D eigenvalue weighted by atomic mass is 10.0. The number of rotatable bonds is 3. The van der Waals surface area contributed by atoms with E-state index in [0.717, 1.165) is 11.1 Å². The molecule has 0 aliphatic rings. The second kappa shape index (κ2) is 6.14. The zero-order valence-corrected chi connectivity index (χ0v) is 13.0. The zero-order chi connectivity index (χ0) is 16.3. The summed E-state index contributed by atoms with van der Waals surface area (Å²) in [5, 5.41) is 0. The molecular formula is C19H19FO2. The number of esters is 1. The van der Waals surface area contributed by atoms with Gasteiger partial charge in [0.15, 0.2) is 0 Å². The highest BCUT2D eigenvalue weighted by Gasteiger charge is 2.17. The Balaban J connectivity index is 2.27. The minimum absolute atomic E-state index is 0.316. The van der Waals surface area contributed by atoms with Gasteiger partial charge < -0.3 is 4.74 Å². The van der Waals surface area contributed by atoms with Crippen molar-refractivity contribution in [3.8, 4) is 11.1 Å². The SMILES string of the molecule is C=Cc1cc(F)cc(-c2ccc(C(=O)OC(C)(C)C)cc2)c1. The second-order valence-corrected chi connectivity index (χ2v) is 6.06. The first-order chi connectivity index (χ1) is 10.3. The Morgan fingerprint density at radius 1 is 1.09 bits per heavy atom. The molecule has 0 amide bonds. The van der Waals surface area contributed by atoms with Gasteiger partial charge in [0.1, 0.15) is 11.4 Å². The molecule has 0 fully saturated rings. The fourth-order valence-electron chi connectivity index (χ4n) is 2.03. The van der Waals surface area contributed by atoms with E-state index in [0.29, 0.717) is 11.1 Å². The Hall–Kier alpha value is -2.42. The topological polar surface area (TPSA) is 26.3 Å². The molecule has 2 rings (SSSR count). The molecule has 2 aromatic rings. The van der Waals surface area contributed by atoms with Gasteiger partial charge in [-0.1, -0.05) is 24.8 Å². The van der Waals surface area contributed by atoms with E-state index in [4.69, 9.17) is 4.74 Å². The van der Waals surface area contributed by atoms with Crippen LogP contribution in [0.1, 0.15) is 36.7 Å². The molecule has 0 N–H and O–H groups in total. The molecule has 0 spiro atoms. The summed E-state index contributed by atoms with van der Waals surface area (Å²) < 4.78 is 18.9. The lowest BCUT2D eigenvalue weighted by molar-refractivity contribution is 0.00696. The summed E-state index contributed by atoms with van der Waals surface area (Å²) in [5.74, 6) is -0.686. The molecule has 114 valence electrons. The molecular weight excluding hydrogens is 279 g/mol. The number of benzene rings is 2. The number of hydrogen-bond acceptors (Lipinski definition) is 2. The zero-order valence-electron chi connectivity index (χ0n) is 13.0. The van der Waals surface area contributed by atoms with Crippen LogP contribution in [-0.4, -0.2) is 11.6 Å². The van der Waals surface area contributed by atoms with Crippen molar-refractivity contribution in [3.63, 3.8) is 0 Å². The lowest BCUT2D eigenvalue weighted by Gasteiger charge is -2.19. The number of halogens is 1. The lowest BCUT2D eigenvalue weighted by Crippen LogP contribution is -2.23. The van der Waals surface area contributed by atoms with Crippen LogP contribution in [0.5, 0.6) is 0 Å². The Kier molecular flexibility index (Phi) is 4.45. The van der Waals surface area contributed by atoms with Crippen LogP contribution in [-0.2, 0) is 4.74 Å². The average molecular weight is 298 g/mol. The maximum absolute atomic E-state index is 13.6. The van der Waals surface area contributed by atoms with Crippen LogP contribution in [0.4, 0.5) is 4.39 Å². The van der Waals surface area contributed by atoms with E-state index in [-0.39, 0.29) is 11.8 Å². The monoisotopic (exact) mass is 298 g/mol. The van der Waals surface area contributed by atoms with Crippen LogP contribution >= 0.6 is 0 Å². The number of hydrogen-bond donors (Lipinski definition) is 0. The summed E-state index contributed by atoms with van der Waals surface area (Å²) in [4.78, 5) is 12.0. The van der Waals surface area contributed by atoms with Crippen molar-refractivity contribution < 1.29 is 13.9 Å². The molecule has 2 nitrogen and oxygen atoms in total. The summed E-state index contributed by atoms with van der Waals surface area (Å²) in [5.41, 5.74) is 2.22. The van der Waals surface area contributed by atoms with Gasteiger partial charge in [-0.05, 0) is 67.8 Å². The van der Waals surface area contributed by atoms with Gasteiger partial charge in [0.2, 0.25) is 0 Å². The van der Waals surface area contributed by atoms with Gasteiger partial charge in [0, 0.05) is 0 Å². The van der Waals surface area contributed by atoms with Gasteiger partial charge in [0.25, 0.3) is 0 Å². The van der Waals surface area contributed by atoms with Crippen LogP contribution in [0, 0.1) is 5.82 Å². The van der Waals surface area contributed by atoms with Crippen molar-refractivity contribution in [2.75, 3.05) is 0 Å². The van der Waals surface area contributed by atoms with Crippen LogP contribution in [0.3, 0.4) is 0 Å². The summed E-state index contributed by atoms with van der Waals surface area (Å²) >= 11 is 0. The van der Waals surface area contributed by atoms with E-state index in [9.17, 15) is 9.18 Å². The van der Waals surface area contributed by atoms with E-state index >= 15 is 0 Å². The first kappa shape index (κ1) is 16.0. The van der Waals surface area contributed by atoms with Crippen LogP contribution in [0.25, 0.3) is 17.2 Å². The first-order valence-corrected chi connectivity index (χ1v) is 7.05. The largest absolute Gasteiger partial charge is 0.456 e. The maximum atomic E-state index is 13.6. The molecule has 0 aliphatic heterocycles. The molecule has 0 bridgehead atoms. The molecule has 0 atom stereocenters. The van der Waals surface area contributed by atoms with Gasteiger partial charge in [-0.15, -0.1) is 0 Å². The fourth-order valence-corrected chi connectivity index (χ4v) is 2.03. The van der Waals surface area contributed by atoms with Gasteiger partial charge in [-0.3, -0.25) is 0 Å². The molecule has 0 saturated heterocycles. The third-order valence-electron chi connectivity index (χ3n) is 3.01. The van der Waals surface area contributed by atoms with E-state index in [1.807, 2.05) is 26.8 Å². The van der Waals surface area contributed by atoms with Crippen molar-refractivity contribution in [1.82, 2.24) is 0 Å². The minimum Gasteiger partial charge on any atom is -0.456 e. The first-order valence-electron chi connectivity index (χ1n) is 7.05. The van der Waals surface area contributed by atoms with Crippen LogP contribution < -0.4 is 0 Å². The van der Waals surface area contributed by atoms with Crippen LogP contribution in [0.15, 0.2) is 49.0 Å². The third-order valence-corrected chi connectivity index (χ3v) is 3.01. The second-order valence-electron chi connectivity index (χ2n) is 6.06. The minimum atomic E-state index is -0.531. The quantitative estimate of drug-likeness (QED) is 0.738. The van der Waals surface area contributed by atoms with Crippen molar-refractivity contribution in [2.24, 2.45) is 0 Å².